The van der Waals surface area contributed by atoms with Gasteiger partial charge in [-0.15, -0.1) is 0 Å². The summed E-state index contributed by atoms with van der Waals surface area (Å²) in [6.07, 6.45) is 1.28. The Bertz CT molecular complexity index is 552. The van der Waals surface area contributed by atoms with Crippen molar-refractivity contribution < 1.29 is 23.1 Å². The maximum absolute atomic E-state index is 12.0. The van der Waals surface area contributed by atoms with Gasteiger partial charge in [0.25, 0.3) is 10.0 Å². The minimum absolute atomic E-state index is 0.240. The number of carbonyl (C=O) groups is 1. The minimum Gasteiger partial charge on any atom is -0.478 e. The number of aromatic carboxylic acids is 1. The third kappa shape index (κ3) is 2.37. The zero-order valence-corrected chi connectivity index (χ0v) is 10.4. The number of H-pyrrole nitrogens is 1. The number of aromatic nitrogens is 2. The summed E-state index contributed by atoms with van der Waals surface area (Å²) in [7, 11) is -3.94. The van der Waals surface area contributed by atoms with Crippen molar-refractivity contribution in [2.75, 3.05) is 6.61 Å². The number of sulfonamides is 1. The zero-order chi connectivity index (χ0) is 13.3. The quantitative estimate of drug-likeness (QED) is 0.685. The molecule has 1 aromatic heterocycles. The number of carboxylic acid groups (broad SMARTS) is 1. The summed E-state index contributed by atoms with van der Waals surface area (Å²) in [4.78, 5) is 10.9. The Morgan fingerprint density at radius 2 is 2.39 bits per heavy atom. The summed E-state index contributed by atoms with van der Waals surface area (Å²) in [5.74, 6) is -1.35. The van der Waals surface area contributed by atoms with Crippen LogP contribution in [0.5, 0.6) is 0 Å². The van der Waals surface area contributed by atoms with Gasteiger partial charge in [0.15, 0.2) is 5.03 Å². The molecule has 1 saturated heterocycles. The summed E-state index contributed by atoms with van der Waals surface area (Å²) in [5, 5.41) is 14.1. The summed E-state index contributed by atoms with van der Waals surface area (Å²) in [6, 6.07) is -0.361. The Balaban J connectivity index is 2.25. The molecule has 1 aliphatic heterocycles. The number of rotatable bonds is 4. The first-order chi connectivity index (χ1) is 8.42. The van der Waals surface area contributed by atoms with Gasteiger partial charge in [0.1, 0.15) is 5.56 Å². The number of nitrogens with zero attached hydrogens (tertiary/aromatic N) is 1. The monoisotopic (exact) mass is 275 g/mol. The molecule has 2 unspecified atom stereocenters. The van der Waals surface area contributed by atoms with Crippen LogP contribution >= 0.6 is 0 Å². The number of hydrogen-bond acceptors (Lipinski definition) is 5. The molecule has 0 aromatic carbocycles. The van der Waals surface area contributed by atoms with Crippen LogP contribution in [0.1, 0.15) is 23.7 Å². The van der Waals surface area contributed by atoms with Crippen molar-refractivity contribution in [2.24, 2.45) is 0 Å². The Labute approximate surface area is 103 Å². The Hall–Kier alpha value is -1.45. The predicted molar refractivity (Wildman–Crippen MR) is 59.7 cm³/mol. The molecule has 1 fully saturated rings. The average Bonchev–Trinajstić information content (AvgIpc) is 2.88. The van der Waals surface area contributed by atoms with Crippen molar-refractivity contribution in [1.82, 2.24) is 14.9 Å². The standard InChI is InChI=1S/C9H13N3O5S/c1-5-7(2-3-17-5)12-18(15,16)8-6(9(13)14)4-10-11-8/h4-5,7,12H,2-3H2,1H3,(H,10,11)(H,13,14). The van der Waals surface area contributed by atoms with Gasteiger partial charge in [-0.3, -0.25) is 5.10 Å². The van der Waals surface area contributed by atoms with Gasteiger partial charge < -0.3 is 9.84 Å². The van der Waals surface area contributed by atoms with Gasteiger partial charge in [0, 0.05) is 6.61 Å². The third-order valence-corrected chi connectivity index (χ3v) is 4.25. The number of aromatic amines is 1. The van der Waals surface area contributed by atoms with E-state index in [9.17, 15) is 13.2 Å². The van der Waals surface area contributed by atoms with E-state index in [4.69, 9.17) is 9.84 Å². The molecule has 0 amide bonds. The van der Waals surface area contributed by atoms with E-state index in [-0.39, 0.29) is 17.7 Å². The van der Waals surface area contributed by atoms with Gasteiger partial charge in [-0.1, -0.05) is 0 Å². The van der Waals surface area contributed by atoms with Gasteiger partial charge in [-0.25, -0.2) is 17.9 Å². The molecule has 2 rings (SSSR count). The lowest BCUT2D eigenvalue weighted by atomic mass is 10.2. The molecule has 100 valence electrons. The molecular formula is C9H13N3O5S. The largest absolute Gasteiger partial charge is 0.478 e. The van der Waals surface area contributed by atoms with Crippen molar-refractivity contribution in [3.63, 3.8) is 0 Å². The fourth-order valence-electron chi connectivity index (χ4n) is 1.78. The van der Waals surface area contributed by atoms with Crippen molar-refractivity contribution in [1.29, 1.82) is 0 Å². The van der Waals surface area contributed by atoms with Gasteiger partial charge >= 0.3 is 5.97 Å². The highest BCUT2D eigenvalue weighted by atomic mass is 32.2. The molecular weight excluding hydrogens is 262 g/mol. The summed E-state index contributed by atoms with van der Waals surface area (Å²) < 4.78 is 31.7. The lowest BCUT2D eigenvalue weighted by Crippen LogP contribution is -2.39. The van der Waals surface area contributed by atoms with Crippen LogP contribution < -0.4 is 4.72 Å². The maximum Gasteiger partial charge on any atom is 0.340 e. The highest BCUT2D eigenvalue weighted by Gasteiger charge is 2.32. The smallest absolute Gasteiger partial charge is 0.340 e. The molecule has 0 bridgehead atoms. The van der Waals surface area contributed by atoms with E-state index in [2.05, 4.69) is 14.9 Å². The first-order valence-electron chi connectivity index (χ1n) is 5.32. The highest BCUT2D eigenvalue weighted by molar-refractivity contribution is 7.89. The first-order valence-corrected chi connectivity index (χ1v) is 6.80. The highest BCUT2D eigenvalue weighted by Crippen LogP contribution is 2.17. The number of nitrogens with one attached hydrogen (secondary N) is 2. The average molecular weight is 275 g/mol. The van der Waals surface area contributed by atoms with E-state index >= 15 is 0 Å². The van der Waals surface area contributed by atoms with Gasteiger partial charge in [0.2, 0.25) is 0 Å². The van der Waals surface area contributed by atoms with E-state index in [1.165, 1.54) is 0 Å². The minimum atomic E-state index is -3.94. The normalized spacial score (nSPS) is 24.3. The van der Waals surface area contributed by atoms with Crippen LogP contribution in [-0.4, -0.2) is 48.4 Å². The second kappa shape index (κ2) is 4.67. The Morgan fingerprint density at radius 1 is 1.67 bits per heavy atom. The van der Waals surface area contributed by atoms with Gasteiger partial charge in [0.05, 0.1) is 18.3 Å². The topological polar surface area (TPSA) is 121 Å². The van der Waals surface area contributed by atoms with Crippen molar-refractivity contribution in [3.05, 3.63) is 11.8 Å². The predicted octanol–water partition coefficient (Wildman–Crippen LogP) is -0.436. The molecule has 0 saturated carbocycles. The molecule has 9 heteroatoms. The summed E-state index contributed by atoms with van der Waals surface area (Å²) in [5.41, 5.74) is -0.380. The van der Waals surface area contributed by atoms with Crippen LogP contribution in [0.15, 0.2) is 11.2 Å². The van der Waals surface area contributed by atoms with Gasteiger partial charge in [-0.2, -0.15) is 5.10 Å². The SMILES string of the molecule is CC1OCCC1NS(=O)(=O)c1[nH]ncc1C(=O)O. The Morgan fingerprint density at radius 3 is 2.94 bits per heavy atom. The van der Waals surface area contributed by atoms with Crippen LogP contribution in [0, 0.1) is 0 Å². The van der Waals surface area contributed by atoms with Crippen molar-refractivity contribution in [2.45, 2.75) is 30.5 Å². The first kappa shape index (κ1) is 13.0. The van der Waals surface area contributed by atoms with E-state index in [0.29, 0.717) is 13.0 Å². The van der Waals surface area contributed by atoms with E-state index in [1.54, 1.807) is 6.92 Å². The lowest BCUT2D eigenvalue weighted by molar-refractivity contribution is 0.0692. The molecule has 0 spiro atoms. The molecule has 0 radical (unpaired) electrons. The fraction of sp³-hybridized carbons (Fsp3) is 0.556. The molecule has 18 heavy (non-hydrogen) atoms. The van der Waals surface area contributed by atoms with Crippen LogP contribution in [0.4, 0.5) is 0 Å². The van der Waals surface area contributed by atoms with E-state index in [1.807, 2.05) is 0 Å². The van der Waals surface area contributed by atoms with Crippen LogP contribution in [0.2, 0.25) is 0 Å². The van der Waals surface area contributed by atoms with Gasteiger partial charge in [-0.05, 0) is 13.3 Å². The van der Waals surface area contributed by atoms with E-state index < -0.39 is 21.0 Å². The molecule has 1 aliphatic rings. The second-order valence-electron chi connectivity index (χ2n) is 4.01. The third-order valence-electron chi connectivity index (χ3n) is 2.79. The number of ether oxygens (including phenoxy) is 1. The maximum atomic E-state index is 12.0. The number of hydrogen-bond donors (Lipinski definition) is 3. The van der Waals surface area contributed by atoms with E-state index in [0.717, 1.165) is 6.20 Å². The van der Waals surface area contributed by atoms with Crippen LogP contribution in [0.25, 0.3) is 0 Å². The van der Waals surface area contributed by atoms with Crippen molar-refractivity contribution in [3.8, 4) is 0 Å². The summed E-state index contributed by atoms with van der Waals surface area (Å²) in [6.45, 7) is 2.23. The van der Waals surface area contributed by atoms with Crippen molar-refractivity contribution >= 4 is 16.0 Å². The summed E-state index contributed by atoms with van der Waals surface area (Å²) >= 11 is 0. The molecule has 8 nitrogen and oxygen atoms in total. The molecule has 2 heterocycles. The Kier molecular flexibility index (Phi) is 3.37. The fourth-order valence-corrected chi connectivity index (χ4v) is 3.20. The molecule has 1 aromatic rings. The molecule has 3 N–H and O–H groups in total. The van der Waals surface area contributed by atoms with Crippen LogP contribution in [0.3, 0.4) is 0 Å². The zero-order valence-electron chi connectivity index (χ0n) is 9.58. The molecule has 0 aliphatic carbocycles. The lowest BCUT2D eigenvalue weighted by Gasteiger charge is -2.15. The van der Waals surface area contributed by atoms with Crippen LogP contribution in [-0.2, 0) is 14.8 Å². The second-order valence-corrected chi connectivity index (χ2v) is 5.66. The molecule has 2 atom stereocenters. The number of carboxylic acids is 1.